The zero-order chi connectivity index (χ0) is 14.6. The first kappa shape index (κ1) is 15.6. The zero-order valence-corrected chi connectivity index (χ0v) is 12.0. The molecule has 1 aromatic rings. The van der Waals surface area contributed by atoms with Gasteiger partial charge in [-0.3, -0.25) is 0 Å². The van der Waals surface area contributed by atoms with E-state index >= 15 is 0 Å². The van der Waals surface area contributed by atoms with Crippen LogP contribution in [0.2, 0.25) is 0 Å². The van der Waals surface area contributed by atoms with E-state index in [0.29, 0.717) is 5.56 Å². The Balaban J connectivity index is 3.23. The highest BCUT2D eigenvalue weighted by atomic mass is 32.2. The molecule has 0 fully saturated rings. The number of halogens is 1. The summed E-state index contributed by atoms with van der Waals surface area (Å²) in [5.41, 5.74) is 0.364. The van der Waals surface area contributed by atoms with Crippen molar-refractivity contribution in [3.05, 3.63) is 29.6 Å². The lowest BCUT2D eigenvalue weighted by molar-refractivity contribution is 0.360. The molecule has 0 saturated heterocycles. The molecule has 0 aliphatic carbocycles. The highest BCUT2D eigenvalue weighted by molar-refractivity contribution is 7.89. The molecule has 19 heavy (non-hydrogen) atoms. The maximum atomic E-state index is 13.0. The van der Waals surface area contributed by atoms with E-state index in [1.807, 2.05) is 6.07 Å². The van der Waals surface area contributed by atoms with E-state index in [-0.39, 0.29) is 23.9 Å². The summed E-state index contributed by atoms with van der Waals surface area (Å²) in [5, 5.41) is 8.60. The van der Waals surface area contributed by atoms with Crippen LogP contribution < -0.4 is 0 Å². The van der Waals surface area contributed by atoms with Gasteiger partial charge in [-0.15, -0.1) is 0 Å². The molecule has 0 aliphatic rings. The van der Waals surface area contributed by atoms with Gasteiger partial charge in [0.1, 0.15) is 5.82 Å². The number of benzene rings is 1. The minimum Gasteiger partial charge on any atom is -0.207 e. The predicted octanol–water partition coefficient (Wildman–Crippen LogP) is 2.45. The van der Waals surface area contributed by atoms with Crippen molar-refractivity contribution in [1.82, 2.24) is 4.31 Å². The van der Waals surface area contributed by atoms with E-state index in [4.69, 9.17) is 5.26 Å². The van der Waals surface area contributed by atoms with Gasteiger partial charge in [-0.1, -0.05) is 0 Å². The Labute approximate surface area is 113 Å². The number of hydrogen-bond acceptors (Lipinski definition) is 3. The third-order valence-electron chi connectivity index (χ3n) is 2.74. The molecule has 4 nitrogen and oxygen atoms in total. The van der Waals surface area contributed by atoms with Crippen LogP contribution in [0.1, 0.15) is 25.8 Å². The zero-order valence-electron chi connectivity index (χ0n) is 11.2. The van der Waals surface area contributed by atoms with Crippen LogP contribution in [0.15, 0.2) is 23.1 Å². The Morgan fingerprint density at radius 1 is 1.42 bits per heavy atom. The van der Waals surface area contributed by atoms with Crippen molar-refractivity contribution in [3.63, 3.8) is 0 Å². The lowest BCUT2D eigenvalue weighted by Gasteiger charge is -2.25. The van der Waals surface area contributed by atoms with Crippen LogP contribution in [0.25, 0.3) is 0 Å². The minimum absolute atomic E-state index is 0.0838. The van der Waals surface area contributed by atoms with Crippen LogP contribution in [0, 0.1) is 24.1 Å². The van der Waals surface area contributed by atoms with Crippen molar-refractivity contribution in [2.24, 2.45) is 0 Å². The summed E-state index contributed by atoms with van der Waals surface area (Å²) in [6.07, 6.45) is 0.123. The molecule has 0 bridgehead atoms. The van der Waals surface area contributed by atoms with E-state index in [1.54, 1.807) is 20.8 Å². The Morgan fingerprint density at radius 3 is 2.53 bits per heavy atom. The fourth-order valence-corrected chi connectivity index (χ4v) is 3.69. The van der Waals surface area contributed by atoms with Crippen LogP contribution in [0.5, 0.6) is 0 Å². The van der Waals surface area contributed by atoms with Gasteiger partial charge in [-0.2, -0.15) is 9.57 Å². The van der Waals surface area contributed by atoms with Crippen molar-refractivity contribution in [1.29, 1.82) is 5.26 Å². The molecule has 0 spiro atoms. The molecule has 0 aromatic heterocycles. The third kappa shape index (κ3) is 3.52. The molecule has 0 saturated carbocycles. The summed E-state index contributed by atoms with van der Waals surface area (Å²) < 4.78 is 39.3. The fraction of sp³-hybridized carbons (Fsp3) is 0.462. The molecule has 0 atom stereocenters. The summed E-state index contributed by atoms with van der Waals surface area (Å²) in [7, 11) is -3.70. The average molecular weight is 284 g/mol. The second-order valence-electron chi connectivity index (χ2n) is 4.53. The second kappa shape index (κ2) is 6.13. The van der Waals surface area contributed by atoms with Gasteiger partial charge in [0.15, 0.2) is 0 Å². The normalized spacial score (nSPS) is 11.8. The summed E-state index contributed by atoms with van der Waals surface area (Å²) in [6, 6.07) is 5.26. The number of nitrogens with zero attached hydrogens (tertiary/aromatic N) is 2. The minimum atomic E-state index is -3.70. The fourth-order valence-electron chi connectivity index (χ4n) is 1.84. The Hall–Kier alpha value is -1.45. The summed E-state index contributed by atoms with van der Waals surface area (Å²) >= 11 is 0. The number of sulfonamides is 1. The third-order valence-corrected chi connectivity index (χ3v) is 4.98. The maximum absolute atomic E-state index is 13.0. The number of hydrogen-bond donors (Lipinski definition) is 0. The van der Waals surface area contributed by atoms with Crippen molar-refractivity contribution in [3.8, 4) is 6.07 Å². The highest BCUT2D eigenvalue weighted by Gasteiger charge is 2.28. The van der Waals surface area contributed by atoms with Crippen LogP contribution in [0.3, 0.4) is 0 Å². The summed E-state index contributed by atoms with van der Waals surface area (Å²) in [5.74, 6) is -0.468. The Bertz CT molecular complexity index is 591. The Kier molecular flexibility index (Phi) is 5.04. The molecule has 0 unspecified atom stereocenters. The topological polar surface area (TPSA) is 61.2 Å². The first-order valence-corrected chi connectivity index (χ1v) is 7.39. The molecule has 104 valence electrons. The predicted molar refractivity (Wildman–Crippen MR) is 70.4 cm³/mol. The average Bonchev–Trinajstić information content (AvgIpc) is 2.27. The van der Waals surface area contributed by atoms with Crippen molar-refractivity contribution < 1.29 is 12.8 Å². The molecule has 1 aromatic carbocycles. The molecule has 0 amide bonds. The summed E-state index contributed by atoms with van der Waals surface area (Å²) in [6.45, 7) is 5.17. The molecule has 0 N–H and O–H groups in total. The number of rotatable bonds is 5. The molecule has 6 heteroatoms. The lowest BCUT2D eigenvalue weighted by atomic mass is 10.2. The maximum Gasteiger partial charge on any atom is 0.243 e. The highest BCUT2D eigenvalue weighted by Crippen LogP contribution is 2.22. The number of nitriles is 1. The van der Waals surface area contributed by atoms with Gasteiger partial charge in [0, 0.05) is 19.0 Å². The van der Waals surface area contributed by atoms with Gasteiger partial charge in [-0.25, -0.2) is 12.8 Å². The SMILES string of the molecule is Cc1cc(F)ccc1S(=O)(=O)N(CCC#N)C(C)C. The van der Waals surface area contributed by atoms with E-state index in [9.17, 15) is 12.8 Å². The van der Waals surface area contributed by atoms with Crippen molar-refractivity contribution >= 4 is 10.0 Å². The van der Waals surface area contributed by atoms with Crippen LogP contribution >= 0.6 is 0 Å². The van der Waals surface area contributed by atoms with Gasteiger partial charge in [-0.05, 0) is 44.5 Å². The molecule has 1 rings (SSSR count). The standard InChI is InChI=1S/C13H17FN2O2S/c1-10(2)16(8-4-7-15)19(17,18)13-6-5-12(14)9-11(13)3/h5-6,9-10H,4,8H2,1-3H3. The molecule has 0 aliphatic heterocycles. The second-order valence-corrected chi connectivity index (χ2v) is 6.39. The van der Waals surface area contributed by atoms with Crippen LogP contribution in [0.4, 0.5) is 4.39 Å². The van der Waals surface area contributed by atoms with Gasteiger partial charge < -0.3 is 0 Å². The summed E-state index contributed by atoms with van der Waals surface area (Å²) in [4.78, 5) is 0.0838. The largest absolute Gasteiger partial charge is 0.243 e. The van der Waals surface area contributed by atoms with E-state index in [1.165, 1.54) is 16.4 Å². The van der Waals surface area contributed by atoms with E-state index < -0.39 is 15.8 Å². The number of aryl methyl sites for hydroxylation is 1. The molecular formula is C13H17FN2O2S. The molecule has 0 heterocycles. The van der Waals surface area contributed by atoms with Gasteiger partial charge >= 0.3 is 0 Å². The van der Waals surface area contributed by atoms with Crippen molar-refractivity contribution in [2.75, 3.05) is 6.54 Å². The van der Waals surface area contributed by atoms with Crippen LogP contribution in [-0.4, -0.2) is 25.3 Å². The Morgan fingerprint density at radius 2 is 2.05 bits per heavy atom. The monoisotopic (exact) mass is 284 g/mol. The van der Waals surface area contributed by atoms with Crippen molar-refractivity contribution in [2.45, 2.75) is 38.1 Å². The first-order chi connectivity index (χ1) is 8.80. The van der Waals surface area contributed by atoms with Gasteiger partial charge in [0.2, 0.25) is 10.0 Å². The van der Waals surface area contributed by atoms with Crippen LogP contribution in [-0.2, 0) is 10.0 Å². The quantitative estimate of drug-likeness (QED) is 0.834. The molecular weight excluding hydrogens is 267 g/mol. The van der Waals surface area contributed by atoms with Gasteiger partial charge in [0.25, 0.3) is 0 Å². The smallest absolute Gasteiger partial charge is 0.207 e. The van der Waals surface area contributed by atoms with Gasteiger partial charge in [0.05, 0.1) is 11.0 Å². The first-order valence-electron chi connectivity index (χ1n) is 5.95. The molecule has 0 radical (unpaired) electrons. The van der Waals surface area contributed by atoms with E-state index in [2.05, 4.69) is 0 Å². The lowest BCUT2D eigenvalue weighted by Crippen LogP contribution is -2.37. The van der Waals surface area contributed by atoms with E-state index in [0.717, 1.165) is 6.07 Å².